The molecule has 2 amide bonds. The fourth-order valence-corrected chi connectivity index (χ4v) is 2.89. The van der Waals surface area contributed by atoms with E-state index in [1.54, 1.807) is 18.2 Å². The molecule has 6 nitrogen and oxygen atoms in total. The lowest BCUT2D eigenvalue weighted by molar-refractivity contribution is 0.261. The van der Waals surface area contributed by atoms with E-state index < -0.39 is 6.03 Å². The molecule has 2 N–H and O–H groups in total. The van der Waals surface area contributed by atoms with E-state index in [1.165, 1.54) is 18.4 Å². The van der Waals surface area contributed by atoms with E-state index in [-0.39, 0.29) is 0 Å². The SMILES string of the molecule is COc1c(Cl)cccc1NC(=O)Nc1nc(CN(C)C(C)C)cs1. The summed E-state index contributed by atoms with van der Waals surface area (Å²) in [5.41, 5.74) is 1.42. The van der Waals surface area contributed by atoms with Crippen molar-refractivity contribution in [2.45, 2.75) is 26.4 Å². The van der Waals surface area contributed by atoms with Crippen molar-refractivity contribution in [1.82, 2.24) is 9.88 Å². The van der Waals surface area contributed by atoms with Gasteiger partial charge in [0.1, 0.15) is 0 Å². The Bertz CT molecular complexity index is 705. The molecule has 130 valence electrons. The molecular formula is C16H21ClN4O2S. The summed E-state index contributed by atoms with van der Waals surface area (Å²) in [7, 11) is 3.54. The van der Waals surface area contributed by atoms with Crippen molar-refractivity contribution in [2.75, 3.05) is 24.8 Å². The number of hydrogen-bond donors (Lipinski definition) is 2. The predicted molar refractivity (Wildman–Crippen MR) is 99.4 cm³/mol. The number of nitrogens with zero attached hydrogens (tertiary/aromatic N) is 2. The molecule has 0 bridgehead atoms. The van der Waals surface area contributed by atoms with Gasteiger partial charge >= 0.3 is 6.03 Å². The first-order valence-corrected chi connectivity index (χ1v) is 8.71. The average molecular weight is 369 g/mol. The molecule has 8 heteroatoms. The van der Waals surface area contributed by atoms with Crippen LogP contribution in [-0.2, 0) is 6.54 Å². The van der Waals surface area contributed by atoms with E-state index in [0.717, 1.165) is 12.2 Å². The summed E-state index contributed by atoms with van der Waals surface area (Å²) >= 11 is 7.43. The second-order valence-electron chi connectivity index (χ2n) is 5.55. The van der Waals surface area contributed by atoms with Crippen LogP contribution in [0.5, 0.6) is 5.75 Å². The number of carbonyl (C=O) groups is 1. The number of carbonyl (C=O) groups excluding carboxylic acids is 1. The van der Waals surface area contributed by atoms with Crippen molar-refractivity contribution in [3.8, 4) is 5.75 Å². The van der Waals surface area contributed by atoms with Gasteiger partial charge in [-0.2, -0.15) is 0 Å². The normalized spacial score (nSPS) is 11.0. The fraction of sp³-hybridized carbons (Fsp3) is 0.375. The highest BCUT2D eigenvalue weighted by molar-refractivity contribution is 7.13. The molecule has 0 aliphatic rings. The van der Waals surface area contributed by atoms with Crippen LogP contribution < -0.4 is 15.4 Å². The van der Waals surface area contributed by atoms with Crippen molar-refractivity contribution < 1.29 is 9.53 Å². The topological polar surface area (TPSA) is 66.5 Å². The van der Waals surface area contributed by atoms with Gasteiger partial charge in [0, 0.05) is 18.0 Å². The number of anilines is 2. The maximum absolute atomic E-state index is 12.1. The molecule has 0 radical (unpaired) electrons. The number of aromatic nitrogens is 1. The van der Waals surface area contributed by atoms with E-state index in [0.29, 0.717) is 27.6 Å². The van der Waals surface area contributed by atoms with Crippen LogP contribution in [0.25, 0.3) is 0 Å². The molecular weight excluding hydrogens is 348 g/mol. The number of nitrogens with one attached hydrogen (secondary N) is 2. The Morgan fingerprint density at radius 2 is 2.17 bits per heavy atom. The van der Waals surface area contributed by atoms with Crippen LogP contribution >= 0.6 is 22.9 Å². The van der Waals surface area contributed by atoms with Crippen molar-refractivity contribution in [3.63, 3.8) is 0 Å². The predicted octanol–water partition coefficient (Wildman–Crippen LogP) is 4.29. The van der Waals surface area contributed by atoms with Gasteiger partial charge in [-0.15, -0.1) is 11.3 Å². The molecule has 1 heterocycles. The van der Waals surface area contributed by atoms with Crippen molar-refractivity contribution in [1.29, 1.82) is 0 Å². The monoisotopic (exact) mass is 368 g/mol. The first-order chi connectivity index (χ1) is 11.4. The molecule has 2 rings (SSSR count). The van der Waals surface area contributed by atoms with Crippen LogP contribution in [0.4, 0.5) is 15.6 Å². The number of ether oxygens (including phenoxy) is 1. The fourth-order valence-electron chi connectivity index (χ4n) is 1.94. The smallest absolute Gasteiger partial charge is 0.325 e. The average Bonchev–Trinajstić information content (AvgIpc) is 2.94. The number of urea groups is 1. The third-order valence-corrected chi connectivity index (χ3v) is 4.59. The van der Waals surface area contributed by atoms with Crippen LogP contribution in [0.1, 0.15) is 19.5 Å². The Morgan fingerprint density at radius 1 is 1.42 bits per heavy atom. The van der Waals surface area contributed by atoms with Gasteiger partial charge in [-0.1, -0.05) is 17.7 Å². The zero-order chi connectivity index (χ0) is 17.7. The second kappa shape index (κ2) is 8.32. The summed E-state index contributed by atoms with van der Waals surface area (Å²) in [6, 6.07) is 5.19. The maximum atomic E-state index is 12.1. The third-order valence-electron chi connectivity index (χ3n) is 3.48. The number of rotatable bonds is 6. The minimum Gasteiger partial charge on any atom is -0.493 e. The van der Waals surface area contributed by atoms with Gasteiger partial charge in [0.15, 0.2) is 10.9 Å². The molecule has 0 atom stereocenters. The van der Waals surface area contributed by atoms with Crippen LogP contribution in [-0.4, -0.2) is 36.1 Å². The molecule has 0 spiro atoms. The molecule has 0 fully saturated rings. The summed E-state index contributed by atoms with van der Waals surface area (Å²) < 4.78 is 5.20. The quantitative estimate of drug-likeness (QED) is 0.798. The highest BCUT2D eigenvalue weighted by Gasteiger charge is 2.13. The first-order valence-electron chi connectivity index (χ1n) is 7.46. The number of benzene rings is 1. The lowest BCUT2D eigenvalue weighted by atomic mass is 10.3. The Morgan fingerprint density at radius 3 is 2.83 bits per heavy atom. The van der Waals surface area contributed by atoms with Gasteiger partial charge in [-0.25, -0.2) is 9.78 Å². The van der Waals surface area contributed by atoms with E-state index in [2.05, 4.69) is 34.4 Å². The second-order valence-corrected chi connectivity index (χ2v) is 6.82. The number of amides is 2. The zero-order valence-electron chi connectivity index (χ0n) is 14.1. The lowest BCUT2D eigenvalue weighted by Gasteiger charge is -2.19. The summed E-state index contributed by atoms with van der Waals surface area (Å²) in [6.45, 7) is 4.98. The van der Waals surface area contributed by atoms with Crippen molar-refractivity contribution >= 4 is 39.8 Å². The molecule has 2 aromatic rings. The molecule has 0 saturated heterocycles. The Balaban J connectivity index is 1.98. The maximum Gasteiger partial charge on any atom is 0.325 e. The van der Waals surface area contributed by atoms with Crippen molar-refractivity contribution in [2.24, 2.45) is 0 Å². The van der Waals surface area contributed by atoms with E-state index in [1.807, 2.05) is 12.4 Å². The third kappa shape index (κ3) is 4.83. The van der Waals surface area contributed by atoms with Crippen LogP contribution in [0.3, 0.4) is 0 Å². The van der Waals surface area contributed by atoms with Crippen molar-refractivity contribution in [3.05, 3.63) is 34.3 Å². The van der Waals surface area contributed by atoms with Crippen LogP contribution in [0.15, 0.2) is 23.6 Å². The van der Waals surface area contributed by atoms with Gasteiger partial charge in [-0.05, 0) is 33.0 Å². The molecule has 0 aliphatic carbocycles. The Hall–Kier alpha value is -1.83. The molecule has 1 aromatic heterocycles. The van der Waals surface area contributed by atoms with Gasteiger partial charge in [0.2, 0.25) is 0 Å². The minimum atomic E-state index is -0.395. The van der Waals surface area contributed by atoms with Gasteiger partial charge in [-0.3, -0.25) is 10.2 Å². The molecule has 0 unspecified atom stereocenters. The van der Waals surface area contributed by atoms with Crippen LogP contribution in [0.2, 0.25) is 5.02 Å². The first kappa shape index (κ1) is 18.5. The highest BCUT2D eigenvalue weighted by atomic mass is 35.5. The van der Waals surface area contributed by atoms with Gasteiger partial charge in [0.05, 0.1) is 23.5 Å². The zero-order valence-corrected chi connectivity index (χ0v) is 15.7. The van der Waals surface area contributed by atoms with E-state index in [9.17, 15) is 4.79 Å². The largest absolute Gasteiger partial charge is 0.493 e. The Kier molecular flexibility index (Phi) is 6.42. The molecule has 0 aliphatic heterocycles. The highest BCUT2D eigenvalue weighted by Crippen LogP contribution is 2.32. The number of hydrogen-bond acceptors (Lipinski definition) is 5. The molecule has 24 heavy (non-hydrogen) atoms. The number of para-hydroxylation sites is 1. The molecule has 1 aromatic carbocycles. The standard InChI is InChI=1S/C16H21ClN4O2S/c1-10(2)21(3)8-11-9-24-16(18-11)20-15(22)19-13-7-5-6-12(17)14(13)23-4/h5-7,9-10H,8H2,1-4H3,(H2,18,19,20,22). The van der Waals surface area contributed by atoms with E-state index >= 15 is 0 Å². The summed E-state index contributed by atoms with van der Waals surface area (Å²) in [5, 5.41) is 8.36. The lowest BCUT2D eigenvalue weighted by Crippen LogP contribution is -2.25. The Labute approximate surface area is 150 Å². The van der Waals surface area contributed by atoms with Gasteiger partial charge < -0.3 is 10.1 Å². The summed E-state index contributed by atoms with van der Waals surface area (Å²) in [4.78, 5) is 18.7. The van der Waals surface area contributed by atoms with Crippen LogP contribution in [0, 0.1) is 0 Å². The van der Waals surface area contributed by atoms with Gasteiger partial charge in [0.25, 0.3) is 0 Å². The molecule has 0 saturated carbocycles. The summed E-state index contributed by atoms with van der Waals surface area (Å²) in [5.74, 6) is 0.424. The number of methoxy groups -OCH3 is 1. The van der Waals surface area contributed by atoms with E-state index in [4.69, 9.17) is 16.3 Å². The summed E-state index contributed by atoms with van der Waals surface area (Å²) in [6.07, 6.45) is 0. The minimum absolute atomic E-state index is 0.395. The number of thiazole rings is 1. The number of halogens is 1.